The predicted octanol–water partition coefficient (Wildman–Crippen LogP) is 3.72. The summed E-state index contributed by atoms with van der Waals surface area (Å²) in [6, 6.07) is 8.66. The zero-order chi connectivity index (χ0) is 13.9. The Morgan fingerprint density at radius 2 is 2.05 bits per heavy atom. The van der Waals surface area contributed by atoms with Crippen molar-refractivity contribution in [3.8, 4) is 0 Å². The normalized spacial score (nSPS) is 27.7. The lowest BCUT2D eigenvalue weighted by molar-refractivity contribution is 0.291. The minimum absolute atomic E-state index is 0.411. The van der Waals surface area contributed by atoms with Gasteiger partial charge in [-0.05, 0) is 62.4 Å². The molecule has 1 aromatic rings. The standard InChI is InChI=1S/C17H25ClN2/c1-19-17(13-4-3-7-16(18)10-13)8-9-20-11-14-5-2-6-15(14)12-20/h3-4,7,10,14-15,17,19H,2,5-6,8-9,11-12H2,1H3. The van der Waals surface area contributed by atoms with E-state index in [1.165, 1.54) is 44.5 Å². The van der Waals surface area contributed by atoms with Gasteiger partial charge in [-0.2, -0.15) is 0 Å². The molecule has 3 unspecified atom stereocenters. The third-order valence-corrected chi connectivity index (χ3v) is 5.37. The molecule has 3 atom stereocenters. The number of nitrogens with zero attached hydrogens (tertiary/aromatic N) is 1. The van der Waals surface area contributed by atoms with Crippen LogP contribution in [-0.4, -0.2) is 31.6 Å². The predicted molar refractivity (Wildman–Crippen MR) is 85.1 cm³/mol. The molecule has 0 spiro atoms. The molecule has 2 fully saturated rings. The summed E-state index contributed by atoms with van der Waals surface area (Å²) in [6.07, 6.45) is 5.55. The molecule has 0 radical (unpaired) electrons. The molecule has 1 aliphatic heterocycles. The van der Waals surface area contributed by atoms with Gasteiger partial charge in [0, 0.05) is 24.2 Å². The summed E-state index contributed by atoms with van der Waals surface area (Å²) in [4.78, 5) is 2.67. The molecule has 3 rings (SSSR count). The van der Waals surface area contributed by atoms with Crippen molar-refractivity contribution >= 4 is 11.6 Å². The van der Waals surface area contributed by atoms with E-state index in [1.54, 1.807) is 0 Å². The van der Waals surface area contributed by atoms with Crippen molar-refractivity contribution in [1.82, 2.24) is 10.2 Å². The second kappa shape index (κ2) is 6.46. The summed E-state index contributed by atoms with van der Waals surface area (Å²) in [5, 5.41) is 4.27. The minimum atomic E-state index is 0.411. The average molecular weight is 293 g/mol. The average Bonchev–Trinajstić information content (AvgIpc) is 3.00. The SMILES string of the molecule is CNC(CCN1CC2CCCC2C1)c1cccc(Cl)c1. The summed E-state index contributed by atoms with van der Waals surface area (Å²) in [6.45, 7) is 3.86. The molecule has 3 heteroatoms. The maximum Gasteiger partial charge on any atom is 0.0409 e. The lowest BCUT2D eigenvalue weighted by atomic mass is 10.0. The third-order valence-electron chi connectivity index (χ3n) is 5.14. The van der Waals surface area contributed by atoms with Gasteiger partial charge in [-0.3, -0.25) is 0 Å². The van der Waals surface area contributed by atoms with Gasteiger partial charge in [0.15, 0.2) is 0 Å². The number of hydrogen-bond acceptors (Lipinski definition) is 2. The number of fused-ring (bicyclic) bond motifs is 1. The van der Waals surface area contributed by atoms with Crippen LogP contribution in [0.25, 0.3) is 0 Å². The van der Waals surface area contributed by atoms with E-state index >= 15 is 0 Å². The maximum atomic E-state index is 6.10. The van der Waals surface area contributed by atoms with Crippen LogP contribution in [0.15, 0.2) is 24.3 Å². The molecule has 20 heavy (non-hydrogen) atoms. The number of benzene rings is 1. The Balaban J connectivity index is 1.54. The van der Waals surface area contributed by atoms with Crippen molar-refractivity contribution in [3.05, 3.63) is 34.9 Å². The molecule has 1 saturated carbocycles. The topological polar surface area (TPSA) is 15.3 Å². The maximum absolute atomic E-state index is 6.10. The van der Waals surface area contributed by atoms with Crippen LogP contribution in [0.4, 0.5) is 0 Å². The van der Waals surface area contributed by atoms with Crippen LogP contribution in [0.3, 0.4) is 0 Å². The molecule has 1 heterocycles. The highest BCUT2D eigenvalue weighted by Gasteiger charge is 2.35. The molecule has 0 amide bonds. The highest BCUT2D eigenvalue weighted by Crippen LogP contribution is 2.37. The molecule has 1 aliphatic carbocycles. The summed E-state index contributed by atoms with van der Waals surface area (Å²) in [5.41, 5.74) is 1.30. The first-order valence-corrected chi connectivity index (χ1v) is 8.29. The van der Waals surface area contributed by atoms with Crippen LogP contribution in [0, 0.1) is 11.8 Å². The Kier molecular flexibility index (Phi) is 4.65. The second-order valence-electron chi connectivity index (χ2n) is 6.40. The molecule has 2 aliphatic rings. The Morgan fingerprint density at radius 1 is 1.30 bits per heavy atom. The molecule has 110 valence electrons. The van der Waals surface area contributed by atoms with Crippen LogP contribution < -0.4 is 5.32 Å². The van der Waals surface area contributed by atoms with Gasteiger partial charge < -0.3 is 10.2 Å². The highest BCUT2D eigenvalue weighted by molar-refractivity contribution is 6.30. The summed E-state index contributed by atoms with van der Waals surface area (Å²) < 4.78 is 0. The van der Waals surface area contributed by atoms with Gasteiger partial charge in [-0.15, -0.1) is 0 Å². The number of nitrogens with one attached hydrogen (secondary N) is 1. The van der Waals surface area contributed by atoms with Crippen LogP contribution in [0.1, 0.15) is 37.3 Å². The van der Waals surface area contributed by atoms with E-state index in [0.29, 0.717) is 6.04 Å². The van der Waals surface area contributed by atoms with E-state index in [9.17, 15) is 0 Å². The Bertz CT molecular complexity index is 436. The van der Waals surface area contributed by atoms with Crippen molar-refractivity contribution in [2.75, 3.05) is 26.7 Å². The lowest BCUT2D eigenvalue weighted by Crippen LogP contribution is -2.27. The van der Waals surface area contributed by atoms with Crippen molar-refractivity contribution in [1.29, 1.82) is 0 Å². The van der Waals surface area contributed by atoms with E-state index in [2.05, 4.69) is 22.3 Å². The van der Waals surface area contributed by atoms with Gasteiger partial charge in [-0.25, -0.2) is 0 Å². The number of hydrogen-bond donors (Lipinski definition) is 1. The number of likely N-dealkylation sites (tertiary alicyclic amines) is 1. The van der Waals surface area contributed by atoms with Gasteiger partial charge in [0.1, 0.15) is 0 Å². The Hall–Kier alpha value is -0.570. The molecular weight excluding hydrogens is 268 g/mol. The molecule has 0 bridgehead atoms. The van der Waals surface area contributed by atoms with Crippen LogP contribution in [0.5, 0.6) is 0 Å². The van der Waals surface area contributed by atoms with Gasteiger partial charge in [0.2, 0.25) is 0 Å². The smallest absolute Gasteiger partial charge is 0.0409 e. The molecule has 1 saturated heterocycles. The lowest BCUT2D eigenvalue weighted by Gasteiger charge is -2.22. The fraction of sp³-hybridized carbons (Fsp3) is 0.647. The van der Waals surface area contributed by atoms with E-state index in [4.69, 9.17) is 11.6 Å². The summed E-state index contributed by atoms with van der Waals surface area (Å²) >= 11 is 6.10. The van der Waals surface area contributed by atoms with Crippen LogP contribution >= 0.6 is 11.6 Å². The fourth-order valence-corrected chi connectivity index (χ4v) is 4.23. The quantitative estimate of drug-likeness (QED) is 0.890. The fourth-order valence-electron chi connectivity index (χ4n) is 4.03. The number of rotatable bonds is 5. The number of halogens is 1. The monoisotopic (exact) mass is 292 g/mol. The van der Waals surface area contributed by atoms with Gasteiger partial charge in [0.25, 0.3) is 0 Å². The first kappa shape index (κ1) is 14.4. The van der Waals surface area contributed by atoms with Crippen molar-refractivity contribution < 1.29 is 0 Å². The van der Waals surface area contributed by atoms with E-state index in [1.807, 2.05) is 19.2 Å². The van der Waals surface area contributed by atoms with E-state index in [0.717, 1.165) is 23.3 Å². The van der Waals surface area contributed by atoms with Crippen LogP contribution in [-0.2, 0) is 0 Å². The highest BCUT2D eigenvalue weighted by atomic mass is 35.5. The molecule has 1 N–H and O–H groups in total. The Morgan fingerprint density at radius 3 is 2.70 bits per heavy atom. The molecule has 0 aromatic heterocycles. The largest absolute Gasteiger partial charge is 0.313 e. The second-order valence-corrected chi connectivity index (χ2v) is 6.83. The first-order valence-electron chi connectivity index (χ1n) is 7.91. The van der Waals surface area contributed by atoms with E-state index in [-0.39, 0.29) is 0 Å². The van der Waals surface area contributed by atoms with Gasteiger partial charge in [0.05, 0.1) is 0 Å². The van der Waals surface area contributed by atoms with E-state index < -0.39 is 0 Å². The van der Waals surface area contributed by atoms with Gasteiger partial charge in [-0.1, -0.05) is 30.2 Å². The summed E-state index contributed by atoms with van der Waals surface area (Å²) in [5.74, 6) is 1.99. The molecule has 1 aromatic carbocycles. The third kappa shape index (κ3) is 3.19. The summed E-state index contributed by atoms with van der Waals surface area (Å²) in [7, 11) is 2.05. The zero-order valence-electron chi connectivity index (χ0n) is 12.3. The van der Waals surface area contributed by atoms with Crippen molar-refractivity contribution in [2.24, 2.45) is 11.8 Å². The van der Waals surface area contributed by atoms with Crippen LogP contribution in [0.2, 0.25) is 5.02 Å². The van der Waals surface area contributed by atoms with Gasteiger partial charge >= 0.3 is 0 Å². The minimum Gasteiger partial charge on any atom is -0.313 e. The Labute approximate surface area is 127 Å². The molecule has 2 nitrogen and oxygen atoms in total. The van der Waals surface area contributed by atoms with Crippen molar-refractivity contribution in [2.45, 2.75) is 31.7 Å². The first-order chi connectivity index (χ1) is 9.76. The van der Waals surface area contributed by atoms with Crippen molar-refractivity contribution in [3.63, 3.8) is 0 Å². The zero-order valence-corrected chi connectivity index (χ0v) is 13.1. The molecular formula is C17H25ClN2.